The highest BCUT2D eigenvalue weighted by Crippen LogP contribution is 2.27. The minimum Gasteiger partial charge on any atom is -0.338 e. The normalized spacial score (nSPS) is 31.2. The molecule has 2 rings (SSSR count). The van der Waals surface area contributed by atoms with Crippen LogP contribution in [0.1, 0.15) is 46.0 Å². The number of hydrogen-bond donors (Lipinski definition) is 1. The molecule has 3 atom stereocenters. The van der Waals surface area contributed by atoms with Gasteiger partial charge in [-0.3, -0.25) is 4.79 Å². The molecule has 0 radical (unpaired) electrons. The topological polar surface area (TPSA) is 32.3 Å². The molecule has 2 saturated heterocycles. The van der Waals surface area contributed by atoms with Gasteiger partial charge in [0.05, 0.1) is 0 Å². The van der Waals surface area contributed by atoms with E-state index in [-0.39, 0.29) is 5.92 Å². The molecule has 2 heterocycles. The lowest BCUT2D eigenvalue weighted by atomic mass is 9.98. The van der Waals surface area contributed by atoms with E-state index in [1.165, 1.54) is 12.8 Å². The van der Waals surface area contributed by atoms with Crippen molar-refractivity contribution in [2.75, 3.05) is 13.1 Å². The molecule has 0 aromatic heterocycles. The van der Waals surface area contributed by atoms with Crippen molar-refractivity contribution >= 4 is 5.91 Å². The van der Waals surface area contributed by atoms with Gasteiger partial charge < -0.3 is 10.2 Å². The van der Waals surface area contributed by atoms with E-state index in [2.05, 4.69) is 24.1 Å². The van der Waals surface area contributed by atoms with Crippen LogP contribution < -0.4 is 5.32 Å². The highest BCUT2D eigenvalue weighted by atomic mass is 16.2. The second-order valence-corrected chi connectivity index (χ2v) is 5.28. The van der Waals surface area contributed by atoms with Crippen molar-refractivity contribution < 1.29 is 4.79 Å². The van der Waals surface area contributed by atoms with Gasteiger partial charge in [0.1, 0.15) is 0 Å². The largest absolute Gasteiger partial charge is 0.338 e. The number of nitrogens with zero attached hydrogens (tertiary/aromatic N) is 1. The lowest BCUT2D eigenvalue weighted by Crippen LogP contribution is -2.49. The Labute approximate surface area is 98.6 Å². The van der Waals surface area contributed by atoms with E-state index in [0.29, 0.717) is 18.0 Å². The minimum atomic E-state index is 0.214. The number of likely N-dealkylation sites (tertiary alicyclic amines) is 1. The van der Waals surface area contributed by atoms with Crippen molar-refractivity contribution in [3.05, 3.63) is 0 Å². The molecule has 92 valence electrons. The molecule has 1 amide bonds. The van der Waals surface area contributed by atoms with Gasteiger partial charge in [0.2, 0.25) is 5.91 Å². The third-order valence-electron chi connectivity index (χ3n) is 4.06. The van der Waals surface area contributed by atoms with E-state index in [1.807, 2.05) is 0 Å². The molecule has 0 spiro atoms. The summed E-state index contributed by atoms with van der Waals surface area (Å²) in [4.78, 5) is 14.4. The van der Waals surface area contributed by atoms with Crippen LogP contribution >= 0.6 is 0 Å². The average molecular weight is 224 g/mol. The van der Waals surface area contributed by atoms with Gasteiger partial charge >= 0.3 is 0 Å². The monoisotopic (exact) mass is 224 g/mol. The summed E-state index contributed by atoms with van der Waals surface area (Å²) in [6.45, 7) is 6.33. The van der Waals surface area contributed by atoms with Crippen LogP contribution in [0.15, 0.2) is 0 Å². The smallest absolute Gasteiger partial charge is 0.225 e. The van der Waals surface area contributed by atoms with Crippen molar-refractivity contribution in [1.82, 2.24) is 10.2 Å². The Kier molecular flexibility index (Phi) is 3.85. The molecule has 0 bridgehead atoms. The number of amides is 1. The minimum absolute atomic E-state index is 0.214. The van der Waals surface area contributed by atoms with Crippen LogP contribution in [0.2, 0.25) is 0 Å². The third-order valence-corrected chi connectivity index (χ3v) is 4.06. The molecule has 0 aromatic rings. The first-order chi connectivity index (χ1) is 7.74. The molecular formula is C13H24N2O. The molecule has 0 aliphatic carbocycles. The maximum absolute atomic E-state index is 12.3. The summed E-state index contributed by atoms with van der Waals surface area (Å²) in [7, 11) is 0. The maximum atomic E-state index is 12.3. The summed E-state index contributed by atoms with van der Waals surface area (Å²) in [5.74, 6) is 0.601. The third kappa shape index (κ3) is 2.24. The average Bonchev–Trinajstić information content (AvgIpc) is 2.72. The van der Waals surface area contributed by atoms with Gasteiger partial charge in [0, 0.05) is 24.5 Å². The van der Waals surface area contributed by atoms with E-state index in [9.17, 15) is 4.79 Å². The predicted octanol–water partition coefficient (Wildman–Crippen LogP) is 1.78. The Bertz CT molecular complexity index is 254. The molecule has 3 unspecified atom stereocenters. The number of hydrogen-bond acceptors (Lipinski definition) is 2. The van der Waals surface area contributed by atoms with E-state index in [1.54, 1.807) is 0 Å². The fraction of sp³-hybridized carbons (Fsp3) is 0.923. The van der Waals surface area contributed by atoms with Crippen molar-refractivity contribution in [2.24, 2.45) is 5.92 Å². The van der Waals surface area contributed by atoms with Gasteiger partial charge in [-0.2, -0.15) is 0 Å². The molecule has 16 heavy (non-hydrogen) atoms. The molecular weight excluding hydrogens is 200 g/mol. The van der Waals surface area contributed by atoms with Crippen molar-refractivity contribution in [3.63, 3.8) is 0 Å². The van der Waals surface area contributed by atoms with Crippen molar-refractivity contribution in [2.45, 2.75) is 58.0 Å². The Hall–Kier alpha value is -0.570. The van der Waals surface area contributed by atoms with Gasteiger partial charge in [0.25, 0.3) is 0 Å². The second-order valence-electron chi connectivity index (χ2n) is 5.28. The van der Waals surface area contributed by atoms with Crippen LogP contribution in [-0.2, 0) is 4.79 Å². The number of nitrogens with one attached hydrogen (secondary N) is 1. The number of rotatable bonds is 3. The molecule has 3 nitrogen and oxygen atoms in total. The molecule has 3 heteroatoms. The summed E-state index contributed by atoms with van der Waals surface area (Å²) < 4.78 is 0. The first kappa shape index (κ1) is 11.9. The zero-order chi connectivity index (χ0) is 11.5. The first-order valence-corrected chi connectivity index (χ1v) is 6.78. The van der Waals surface area contributed by atoms with E-state index < -0.39 is 0 Å². The van der Waals surface area contributed by atoms with Crippen LogP contribution in [0.3, 0.4) is 0 Å². The van der Waals surface area contributed by atoms with E-state index >= 15 is 0 Å². The number of carbonyl (C=O) groups is 1. The van der Waals surface area contributed by atoms with Crippen LogP contribution in [-0.4, -0.2) is 36.0 Å². The number of fused-ring (bicyclic) bond motifs is 1. The molecule has 2 fully saturated rings. The van der Waals surface area contributed by atoms with E-state index in [0.717, 1.165) is 32.4 Å². The van der Waals surface area contributed by atoms with Gasteiger partial charge in [0.15, 0.2) is 0 Å². The van der Waals surface area contributed by atoms with Crippen LogP contribution in [0.4, 0.5) is 0 Å². The Balaban J connectivity index is 1.96. The Morgan fingerprint density at radius 2 is 2.31 bits per heavy atom. The summed E-state index contributed by atoms with van der Waals surface area (Å²) in [6, 6.07) is 1.06. The Morgan fingerprint density at radius 3 is 3.06 bits per heavy atom. The maximum Gasteiger partial charge on any atom is 0.225 e. The van der Waals surface area contributed by atoms with Crippen molar-refractivity contribution in [1.29, 1.82) is 0 Å². The summed E-state index contributed by atoms with van der Waals surface area (Å²) in [6.07, 6.45) is 5.69. The highest BCUT2D eigenvalue weighted by molar-refractivity contribution is 5.79. The summed E-state index contributed by atoms with van der Waals surface area (Å²) >= 11 is 0. The molecule has 2 aliphatic heterocycles. The van der Waals surface area contributed by atoms with Crippen LogP contribution in [0.25, 0.3) is 0 Å². The lowest BCUT2D eigenvalue weighted by Gasteiger charge is -2.33. The lowest BCUT2D eigenvalue weighted by molar-refractivity contribution is -0.136. The van der Waals surface area contributed by atoms with Gasteiger partial charge in [-0.1, -0.05) is 20.3 Å². The zero-order valence-corrected chi connectivity index (χ0v) is 10.5. The second kappa shape index (κ2) is 5.17. The van der Waals surface area contributed by atoms with Crippen molar-refractivity contribution in [3.8, 4) is 0 Å². The van der Waals surface area contributed by atoms with Gasteiger partial charge in [-0.05, 0) is 32.2 Å². The molecule has 0 aromatic carbocycles. The molecule has 0 saturated carbocycles. The van der Waals surface area contributed by atoms with E-state index in [4.69, 9.17) is 0 Å². The Morgan fingerprint density at radius 1 is 1.50 bits per heavy atom. The molecule has 2 aliphatic rings. The van der Waals surface area contributed by atoms with Gasteiger partial charge in [-0.15, -0.1) is 0 Å². The summed E-state index contributed by atoms with van der Waals surface area (Å²) in [5.41, 5.74) is 0. The van der Waals surface area contributed by atoms with Gasteiger partial charge in [-0.25, -0.2) is 0 Å². The zero-order valence-electron chi connectivity index (χ0n) is 10.5. The fourth-order valence-corrected chi connectivity index (χ4v) is 3.16. The number of piperidine rings is 1. The first-order valence-electron chi connectivity index (χ1n) is 6.78. The van der Waals surface area contributed by atoms with Crippen LogP contribution in [0.5, 0.6) is 0 Å². The number of carbonyl (C=O) groups excluding carboxylic acids is 1. The quantitative estimate of drug-likeness (QED) is 0.792. The predicted molar refractivity (Wildman–Crippen MR) is 65.2 cm³/mol. The fourth-order valence-electron chi connectivity index (χ4n) is 3.16. The standard InChI is InChI=1S/C13H24N2O/c1-3-5-10(2)13(16)15-9-7-11-12(15)6-4-8-14-11/h10-12,14H,3-9H2,1-2H3. The summed E-state index contributed by atoms with van der Waals surface area (Å²) in [5, 5.41) is 3.54. The molecule has 1 N–H and O–H groups in total. The highest BCUT2D eigenvalue weighted by Gasteiger charge is 2.38. The SMILES string of the molecule is CCCC(C)C(=O)N1CCC2NCCCC21. The van der Waals surface area contributed by atoms with Crippen LogP contribution in [0, 0.1) is 5.92 Å².